The number of hydrogen-bond acceptors (Lipinski definition) is 2. The Hall–Kier alpha value is -1.02. The Morgan fingerprint density at radius 3 is 2.68 bits per heavy atom. The van der Waals surface area contributed by atoms with Gasteiger partial charge in [-0.05, 0) is 49.7 Å². The number of benzene rings is 1. The Kier molecular flexibility index (Phi) is 3.79. The molecule has 3 rings (SSSR count). The summed E-state index contributed by atoms with van der Waals surface area (Å²) in [6, 6.07) is 9.86. The van der Waals surface area contributed by atoms with Gasteiger partial charge in [0.05, 0.1) is 7.11 Å². The first-order chi connectivity index (χ1) is 9.26. The van der Waals surface area contributed by atoms with Crippen LogP contribution in [-0.2, 0) is 0 Å². The zero-order valence-corrected chi connectivity index (χ0v) is 12.1. The Morgan fingerprint density at radius 1 is 1.26 bits per heavy atom. The van der Waals surface area contributed by atoms with E-state index in [2.05, 4.69) is 36.5 Å². The predicted octanol–water partition coefficient (Wildman–Crippen LogP) is 3.72. The summed E-state index contributed by atoms with van der Waals surface area (Å²) in [5.74, 6) is 2.76. The van der Waals surface area contributed by atoms with Crippen LogP contribution in [0.25, 0.3) is 0 Å². The summed E-state index contributed by atoms with van der Waals surface area (Å²) in [5.41, 5.74) is 1.39. The monoisotopic (exact) mass is 259 g/mol. The maximum absolute atomic E-state index is 5.46. The molecule has 104 valence electrons. The summed E-state index contributed by atoms with van der Waals surface area (Å²) in [6.45, 7) is 2.34. The van der Waals surface area contributed by atoms with Crippen molar-refractivity contribution >= 4 is 0 Å². The molecule has 1 atom stereocenters. The largest absolute Gasteiger partial charge is 0.496 e. The molecule has 2 heteroatoms. The average molecular weight is 259 g/mol. The number of rotatable bonds is 6. The highest BCUT2D eigenvalue weighted by molar-refractivity contribution is 5.37. The molecule has 0 saturated heterocycles. The van der Waals surface area contributed by atoms with E-state index < -0.39 is 0 Å². The lowest BCUT2D eigenvalue weighted by molar-refractivity contribution is 0.257. The van der Waals surface area contributed by atoms with Gasteiger partial charge in [0.2, 0.25) is 0 Å². The van der Waals surface area contributed by atoms with E-state index in [0.717, 1.165) is 11.7 Å². The molecule has 0 amide bonds. The highest BCUT2D eigenvalue weighted by atomic mass is 16.5. The van der Waals surface area contributed by atoms with Crippen molar-refractivity contribution in [2.75, 3.05) is 7.11 Å². The zero-order valence-electron chi connectivity index (χ0n) is 12.1. The normalized spacial score (nSPS) is 27.7. The lowest BCUT2D eigenvalue weighted by atomic mass is 9.75. The summed E-state index contributed by atoms with van der Waals surface area (Å²) in [4.78, 5) is 0. The second kappa shape index (κ2) is 5.54. The molecular weight excluding hydrogens is 234 g/mol. The third kappa shape index (κ3) is 3.11. The minimum absolute atomic E-state index is 0.682. The van der Waals surface area contributed by atoms with Gasteiger partial charge in [-0.1, -0.05) is 31.0 Å². The summed E-state index contributed by atoms with van der Waals surface area (Å²) in [5, 5.41) is 3.78. The van der Waals surface area contributed by atoms with Gasteiger partial charge in [-0.3, -0.25) is 0 Å². The number of hydrogen-bond donors (Lipinski definition) is 1. The molecule has 2 saturated carbocycles. The topological polar surface area (TPSA) is 21.3 Å². The van der Waals surface area contributed by atoms with Gasteiger partial charge in [0.25, 0.3) is 0 Å². The Bertz CT molecular complexity index is 421. The molecule has 1 aromatic rings. The van der Waals surface area contributed by atoms with Gasteiger partial charge < -0.3 is 10.1 Å². The standard InChI is InChI=1S/C17H25NO/c1-12(9-13-7-8-13)18-15-10-14(11-15)16-5-3-4-6-17(16)19-2/h3-6,12-15,18H,7-11H2,1-2H3. The van der Waals surface area contributed by atoms with Crippen LogP contribution in [0.5, 0.6) is 5.75 Å². The van der Waals surface area contributed by atoms with Gasteiger partial charge in [0, 0.05) is 12.1 Å². The maximum atomic E-state index is 5.46. The fourth-order valence-electron chi connectivity index (χ4n) is 3.34. The minimum Gasteiger partial charge on any atom is -0.496 e. The molecule has 2 fully saturated rings. The van der Waals surface area contributed by atoms with Gasteiger partial charge in [-0.25, -0.2) is 0 Å². The van der Waals surface area contributed by atoms with Crippen molar-refractivity contribution in [1.29, 1.82) is 0 Å². The summed E-state index contributed by atoms with van der Waals surface area (Å²) < 4.78 is 5.46. The van der Waals surface area contributed by atoms with Crippen LogP contribution >= 0.6 is 0 Å². The summed E-state index contributed by atoms with van der Waals surface area (Å²) >= 11 is 0. The van der Waals surface area contributed by atoms with Gasteiger partial charge in [0.15, 0.2) is 0 Å². The van der Waals surface area contributed by atoms with Crippen LogP contribution in [0.2, 0.25) is 0 Å². The highest BCUT2D eigenvalue weighted by Crippen LogP contribution is 2.41. The first kappa shape index (κ1) is 13.0. The molecule has 0 heterocycles. The van der Waals surface area contributed by atoms with Gasteiger partial charge in [-0.2, -0.15) is 0 Å². The third-order valence-electron chi connectivity index (χ3n) is 4.62. The van der Waals surface area contributed by atoms with Crippen molar-refractivity contribution in [2.24, 2.45) is 5.92 Å². The Balaban J connectivity index is 1.48. The van der Waals surface area contributed by atoms with Crippen molar-refractivity contribution < 1.29 is 4.74 Å². The molecule has 0 aliphatic heterocycles. The molecule has 1 unspecified atom stereocenters. The molecule has 2 aliphatic rings. The molecule has 2 aliphatic carbocycles. The lowest BCUT2D eigenvalue weighted by Crippen LogP contribution is -2.44. The van der Waals surface area contributed by atoms with Crippen molar-refractivity contribution in [3.8, 4) is 5.75 Å². The molecular formula is C17H25NO. The van der Waals surface area contributed by atoms with Crippen LogP contribution in [0.15, 0.2) is 24.3 Å². The molecule has 0 radical (unpaired) electrons. The lowest BCUT2D eigenvalue weighted by Gasteiger charge is -2.38. The van der Waals surface area contributed by atoms with E-state index in [0.29, 0.717) is 18.0 Å². The highest BCUT2D eigenvalue weighted by Gasteiger charge is 2.33. The quantitative estimate of drug-likeness (QED) is 0.840. The van der Waals surface area contributed by atoms with Crippen LogP contribution in [0.4, 0.5) is 0 Å². The Labute approximate surface area is 116 Å². The van der Waals surface area contributed by atoms with E-state index in [1.807, 2.05) is 0 Å². The number of methoxy groups -OCH3 is 1. The zero-order chi connectivity index (χ0) is 13.2. The van der Waals surface area contributed by atoms with Gasteiger partial charge in [-0.15, -0.1) is 0 Å². The van der Waals surface area contributed by atoms with Gasteiger partial charge >= 0.3 is 0 Å². The smallest absolute Gasteiger partial charge is 0.122 e. The van der Waals surface area contributed by atoms with Crippen LogP contribution in [0.3, 0.4) is 0 Å². The van der Waals surface area contributed by atoms with E-state index in [4.69, 9.17) is 4.74 Å². The first-order valence-corrected chi connectivity index (χ1v) is 7.65. The fourth-order valence-corrected chi connectivity index (χ4v) is 3.34. The van der Waals surface area contributed by atoms with Crippen molar-refractivity contribution in [2.45, 2.75) is 57.0 Å². The molecule has 1 aromatic carbocycles. The molecule has 19 heavy (non-hydrogen) atoms. The summed E-state index contributed by atoms with van der Waals surface area (Å²) in [6.07, 6.45) is 6.81. The third-order valence-corrected chi connectivity index (χ3v) is 4.62. The molecule has 1 N–H and O–H groups in total. The Morgan fingerprint density at radius 2 is 2.00 bits per heavy atom. The molecule has 2 nitrogen and oxygen atoms in total. The van der Waals surface area contributed by atoms with E-state index >= 15 is 0 Å². The molecule has 0 spiro atoms. The van der Waals surface area contributed by atoms with E-state index in [1.54, 1.807) is 7.11 Å². The van der Waals surface area contributed by atoms with Crippen molar-refractivity contribution in [1.82, 2.24) is 5.32 Å². The fraction of sp³-hybridized carbons (Fsp3) is 0.647. The average Bonchev–Trinajstić information content (AvgIpc) is 3.17. The minimum atomic E-state index is 0.682. The number of ether oxygens (including phenoxy) is 1. The van der Waals surface area contributed by atoms with Crippen LogP contribution in [0, 0.1) is 5.92 Å². The van der Waals surface area contributed by atoms with Crippen LogP contribution in [-0.4, -0.2) is 19.2 Å². The summed E-state index contributed by atoms with van der Waals surface area (Å²) in [7, 11) is 1.77. The molecule has 0 aromatic heterocycles. The van der Waals surface area contributed by atoms with Crippen molar-refractivity contribution in [3.63, 3.8) is 0 Å². The molecule has 0 bridgehead atoms. The SMILES string of the molecule is COc1ccccc1C1CC(NC(C)CC2CC2)C1. The van der Waals surface area contributed by atoms with Crippen LogP contribution in [0.1, 0.15) is 50.5 Å². The second-order valence-corrected chi connectivity index (χ2v) is 6.35. The maximum Gasteiger partial charge on any atom is 0.122 e. The van der Waals surface area contributed by atoms with Gasteiger partial charge in [0.1, 0.15) is 5.75 Å². The van der Waals surface area contributed by atoms with E-state index in [-0.39, 0.29) is 0 Å². The van der Waals surface area contributed by atoms with Crippen LogP contribution < -0.4 is 10.1 Å². The van der Waals surface area contributed by atoms with E-state index in [1.165, 1.54) is 37.7 Å². The second-order valence-electron chi connectivity index (χ2n) is 6.35. The number of para-hydroxylation sites is 1. The van der Waals surface area contributed by atoms with E-state index in [9.17, 15) is 0 Å². The number of nitrogens with one attached hydrogen (secondary N) is 1. The first-order valence-electron chi connectivity index (χ1n) is 7.65. The predicted molar refractivity (Wildman–Crippen MR) is 78.7 cm³/mol. The van der Waals surface area contributed by atoms with Crippen molar-refractivity contribution in [3.05, 3.63) is 29.8 Å².